The van der Waals surface area contributed by atoms with Gasteiger partial charge >= 0.3 is 0 Å². The van der Waals surface area contributed by atoms with Gasteiger partial charge in [0.25, 0.3) is 0 Å². The topological polar surface area (TPSA) is 12.9 Å². The summed E-state index contributed by atoms with van der Waals surface area (Å²) in [7, 11) is 0. The molecule has 4 heteroatoms. The Morgan fingerprint density at radius 1 is 1.50 bits per heavy atom. The first kappa shape index (κ1) is 8.37. The van der Waals surface area contributed by atoms with Crippen molar-refractivity contribution in [2.75, 3.05) is 0 Å². The fourth-order valence-electron chi connectivity index (χ4n) is 1.07. The lowest BCUT2D eigenvalue weighted by Gasteiger charge is -1.91. The average Bonchev–Trinajstić information content (AvgIpc) is 2.29. The summed E-state index contributed by atoms with van der Waals surface area (Å²) < 4.78 is 15.0. The maximum absolute atomic E-state index is 13.2. The van der Waals surface area contributed by atoms with Crippen LogP contribution in [0.2, 0.25) is 0 Å². The molecule has 0 amide bonds. The second kappa shape index (κ2) is 2.92. The van der Waals surface area contributed by atoms with Crippen LogP contribution in [0.5, 0.6) is 0 Å². The summed E-state index contributed by atoms with van der Waals surface area (Å²) in [6, 6.07) is 3.45. The molecule has 0 atom stereocenters. The lowest BCUT2D eigenvalue weighted by Crippen LogP contribution is -1.79. The van der Waals surface area contributed by atoms with E-state index in [4.69, 9.17) is 0 Å². The highest BCUT2D eigenvalue weighted by atomic mass is 127. The molecule has 1 heterocycles. The predicted octanol–water partition coefficient (Wildman–Crippen LogP) is 3.35. The summed E-state index contributed by atoms with van der Waals surface area (Å²) in [5, 5.41) is 0.908. The van der Waals surface area contributed by atoms with Crippen LogP contribution in [0.4, 0.5) is 4.39 Å². The summed E-state index contributed by atoms with van der Waals surface area (Å²) in [5.41, 5.74) is 0.498. The maximum Gasteiger partial charge on any atom is 0.151 e. The minimum absolute atomic E-state index is 0.221. The standard InChI is InChI=1S/C8H5FINS/c1-4-11-8-6(9)2-5(10)3-7(8)12-4/h2-3H,1H3. The summed E-state index contributed by atoms with van der Waals surface area (Å²) >= 11 is 3.63. The zero-order valence-electron chi connectivity index (χ0n) is 6.27. The van der Waals surface area contributed by atoms with E-state index in [-0.39, 0.29) is 5.82 Å². The van der Waals surface area contributed by atoms with Crippen molar-refractivity contribution in [2.24, 2.45) is 0 Å². The number of rotatable bonds is 0. The highest BCUT2D eigenvalue weighted by Gasteiger charge is 2.06. The maximum atomic E-state index is 13.2. The zero-order valence-corrected chi connectivity index (χ0v) is 9.24. The SMILES string of the molecule is Cc1nc2c(F)cc(I)cc2s1. The van der Waals surface area contributed by atoms with Crippen LogP contribution in [-0.2, 0) is 0 Å². The van der Waals surface area contributed by atoms with E-state index in [0.717, 1.165) is 13.3 Å². The van der Waals surface area contributed by atoms with Gasteiger partial charge in [0.05, 0.1) is 9.71 Å². The summed E-state index contributed by atoms with van der Waals surface area (Å²) in [5.74, 6) is -0.221. The molecule has 12 heavy (non-hydrogen) atoms. The second-order valence-corrected chi connectivity index (χ2v) is 4.95. The van der Waals surface area contributed by atoms with Crippen molar-refractivity contribution >= 4 is 44.1 Å². The quantitative estimate of drug-likeness (QED) is 0.679. The van der Waals surface area contributed by atoms with E-state index >= 15 is 0 Å². The molecule has 0 radical (unpaired) electrons. The van der Waals surface area contributed by atoms with E-state index in [0.29, 0.717) is 5.52 Å². The molecule has 2 rings (SSSR count). The van der Waals surface area contributed by atoms with Crippen LogP contribution in [0.25, 0.3) is 10.2 Å². The third-order valence-electron chi connectivity index (χ3n) is 1.52. The van der Waals surface area contributed by atoms with Crippen molar-refractivity contribution in [3.8, 4) is 0 Å². The van der Waals surface area contributed by atoms with Gasteiger partial charge in [-0.25, -0.2) is 9.37 Å². The van der Waals surface area contributed by atoms with Gasteiger partial charge in [0.15, 0.2) is 5.82 Å². The third kappa shape index (κ3) is 1.33. The van der Waals surface area contributed by atoms with Gasteiger partial charge in [0.2, 0.25) is 0 Å². The molecule has 0 spiro atoms. The van der Waals surface area contributed by atoms with Gasteiger partial charge in [-0.1, -0.05) is 0 Å². The van der Waals surface area contributed by atoms with Crippen LogP contribution in [0.3, 0.4) is 0 Å². The minimum atomic E-state index is -0.221. The molecule has 0 saturated carbocycles. The van der Waals surface area contributed by atoms with Crippen molar-refractivity contribution in [1.82, 2.24) is 4.98 Å². The van der Waals surface area contributed by atoms with Crippen LogP contribution in [0.1, 0.15) is 5.01 Å². The molecule has 1 aromatic carbocycles. The number of benzene rings is 1. The lowest BCUT2D eigenvalue weighted by atomic mass is 10.3. The van der Waals surface area contributed by atoms with Gasteiger partial charge in [0, 0.05) is 3.57 Å². The predicted molar refractivity (Wildman–Crippen MR) is 57.0 cm³/mol. The Bertz CT molecular complexity index is 438. The molecule has 0 bridgehead atoms. The molecule has 2 aromatic rings. The fourth-order valence-corrected chi connectivity index (χ4v) is 2.75. The Kier molecular flexibility index (Phi) is 2.04. The first-order valence-corrected chi connectivity index (χ1v) is 5.28. The van der Waals surface area contributed by atoms with E-state index in [1.54, 1.807) is 0 Å². The molecule has 0 aliphatic rings. The Morgan fingerprint density at radius 2 is 2.25 bits per heavy atom. The van der Waals surface area contributed by atoms with Crippen LogP contribution in [-0.4, -0.2) is 4.98 Å². The molecular weight excluding hydrogens is 288 g/mol. The zero-order chi connectivity index (χ0) is 8.72. The lowest BCUT2D eigenvalue weighted by molar-refractivity contribution is 0.636. The molecule has 0 aliphatic carbocycles. The first-order chi connectivity index (χ1) is 5.66. The van der Waals surface area contributed by atoms with E-state index in [9.17, 15) is 4.39 Å². The highest BCUT2D eigenvalue weighted by Crippen LogP contribution is 2.25. The van der Waals surface area contributed by atoms with E-state index < -0.39 is 0 Å². The van der Waals surface area contributed by atoms with Gasteiger partial charge in [0.1, 0.15) is 5.52 Å². The Labute approximate surface area is 86.8 Å². The molecular formula is C8H5FINS. The van der Waals surface area contributed by atoms with Crippen LogP contribution in [0.15, 0.2) is 12.1 Å². The summed E-state index contributed by atoms with van der Waals surface area (Å²) in [6.45, 7) is 1.89. The number of aromatic nitrogens is 1. The molecule has 0 aliphatic heterocycles. The molecule has 0 saturated heterocycles. The van der Waals surface area contributed by atoms with Crippen molar-refractivity contribution in [3.05, 3.63) is 26.5 Å². The highest BCUT2D eigenvalue weighted by molar-refractivity contribution is 14.1. The van der Waals surface area contributed by atoms with Crippen LogP contribution >= 0.6 is 33.9 Å². The number of hydrogen-bond donors (Lipinski definition) is 0. The Balaban J connectivity index is 2.88. The minimum Gasteiger partial charge on any atom is -0.238 e. The monoisotopic (exact) mass is 293 g/mol. The van der Waals surface area contributed by atoms with Gasteiger partial charge in [-0.2, -0.15) is 0 Å². The Hall–Kier alpha value is -0.230. The summed E-state index contributed by atoms with van der Waals surface area (Å²) in [4.78, 5) is 4.09. The van der Waals surface area contributed by atoms with Crippen LogP contribution < -0.4 is 0 Å². The molecule has 1 nitrogen and oxygen atoms in total. The van der Waals surface area contributed by atoms with Crippen molar-refractivity contribution < 1.29 is 4.39 Å². The number of fused-ring (bicyclic) bond motifs is 1. The third-order valence-corrected chi connectivity index (χ3v) is 3.06. The first-order valence-electron chi connectivity index (χ1n) is 3.39. The van der Waals surface area contributed by atoms with E-state index in [1.807, 2.05) is 13.0 Å². The number of thiazole rings is 1. The average molecular weight is 293 g/mol. The van der Waals surface area contributed by atoms with Crippen LogP contribution in [0, 0.1) is 16.3 Å². The van der Waals surface area contributed by atoms with Crippen molar-refractivity contribution in [3.63, 3.8) is 0 Å². The van der Waals surface area contributed by atoms with Gasteiger partial charge < -0.3 is 0 Å². The smallest absolute Gasteiger partial charge is 0.151 e. The second-order valence-electron chi connectivity index (χ2n) is 2.47. The van der Waals surface area contributed by atoms with Gasteiger partial charge in [-0.15, -0.1) is 11.3 Å². The molecule has 0 fully saturated rings. The normalized spacial score (nSPS) is 10.9. The van der Waals surface area contributed by atoms with E-state index in [2.05, 4.69) is 27.6 Å². The number of halogens is 2. The fraction of sp³-hybridized carbons (Fsp3) is 0.125. The summed E-state index contributed by atoms with van der Waals surface area (Å²) in [6.07, 6.45) is 0. The molecule has 0 N–H and O–H groups in total. The Morgan fingerprint density at radius 3 is 3.00 bits per heavy atom. The number of hydrogen-bond acceptors (Lipinski definition) is 2. The largest absolute Gasteiger partial charge is 0.238 e. The van der Waals surface area contributed by atoms with Gasteiger partial charge in [-0.3, -0.25) is 0 Å². The van der Waals surface area contributed by atoms with Crippen molar-refractivity contribution in [1.29, 1.82) is 0 Å². The molecule has 0 unspecified atom stereocenters. The van der Waals surface area contributed by atoms with E-state index in [1.165, 1.54) is 17.4 Å². The molecule has 1 aromatic heterocycles. The van der Waals surface area contributed by atoms with Crippen molar-refractivity contribution in [2.45, 2.75) is 6.92 Å². The number of nitrogens with zero attached hydrogens (tertiary/aromatic N) is 1. The number of aryl methyl sites for hydroxylation is 1. The molecule has 62 valence electrons. The van der Waals surface area contributed by atoms with Gasteiger partial charge in [-0.05, 0) is 41.6 Å².